The summed E-state index contributed by atoms with van der Waals surface area (Å²) in [5.41, 5.74) is 2.68. The molecule has 0 aliphatic heterocycles. The van der Waals surface area contributed by atoms with Gasteiger partial charge < -0.3 is 18.6 Å². The van der Waals surface area contributed by atoms with E-state index in [1.165, 1.54) is 0 Å². The lowest BCUT2D eigenvalue weighted by Gasteiger charge is -2.06. The normalized spacial score (nSPS) is 10.4. The van der Waals surface area contributed by atoms with E-state index in [2.05, 4.69) is 11.4 Å². The Morgan fingerprint density at radius 1 is 0.895 bits per heavy atom. The Kier molecular flexibility index (Phi) is 8.31. The minimum Gasteiger partial charge on any atom is -0.497 e. The molecule has 0 saturated carbocycles. The Bertz CT molecular complexity index is 1470. The largest absolute Gasteiger partial charge is 0.497 e. The molecular weight excluding hydrogens is 508 g/mol. The van der Waals surface area contributed by atoms with E-state index >= 15 is 0 Å². The second-order valence-corrected chi connectivity index (χ2v) is 8.53. The molecule has 0 bridgehead atoms. The summed E-state index contributed by atoms with van der Waals surface area (Å²) >= 11 is 5.86. The van der Waals surface area contributed by atoms with Crippen LogP contribution in [0.15, 0.2) is 77.2 Å². The number of anilines is 1. The van der Waals surface area contributed by atoms with Crippen molar-refractivity contribution in [2.75, 3.05) is 26.1 Å². The van der Waals surface area contributed by atoms with Crippen LogP contribution in [0.25, 0.3) is 22.5 Å². The van der Waals surface area contributed by atoms with Crippen molar-refractivity contribution in [3.05, 3.63) is 88.9 Å². The highest BCUT2D eigenvalue weighted by molar-refractivity contribution is 6.30. The number of benzene rings is 3. The number of furan rings is 1. The fourth-order valence-corrected chi connectivity index (χ4v) is 3.86. The van der Waals surface area contributed by atoms with E-state index in [4.69, 9.17) is 30.2 Å². The molecule has 1 N–H and O–H groups in total. The number of ether oxygens (including phenoxy) is 3. The number of nitrogens with one attached hydrogen (secondary N) is 1. The Morgan fingerprint density at radius 3 is 2.03 bits per heavy atom. The molecule has 8 nitrogen and oxygen atoms in total. The lowest BCUT2D eigenvalue weighted by atomic mass is 9.98. The molecule has 4 aromatic rings. The molecule has 0 spiro atoms. The van der Waals surface area contributed by atoms with Crippen LogP contribution in [0.3, 0.4) is 0 Å². The van der Waals surface area contributed by atoms with Crippen molar-refractivity contribution in [1.29, 1.82) is 5.26 Å². The van der Waals surface area contributed by atoms with Crippen LogP contribution in [-0.4, -0.2) is 32.7 Å². The molecule has 1 aromatic heterocycles. The topological polar surface area (TPSA) is 111 Å². The molecule has 0 radical (unpaired) electrons. The molecule has 0 unspecified atom stereocenters. The third-order valence-electron chi connectivity index (χ3n) is 5.63. The minimum absolute atomic E-state index is 0.0160. The van der Waals surface area contributed by atoms with Gasteiger partial charge in [-0.15, -0.1) is 0 Å². The standard InChI is InChI=1S/C29H23ClN2O6/c1-35-22-11-5-19(6-12-22)27-24(16-31)29(38-28(27)20-7-13-23(36-2)14-8-20)32-25(33)17-37-26(34)15-18-3-9-21(30)10-4-18/h3-14H,15,17H2,1-2H3,(H,32,33). The first kappa shape index (κ1) is 26.3. The Hall–Kier alpha value is -4.74. The molecule has 1 heterocycles. The van der Waals surface area contributed by atoms with Crippen molar-refractivity contribution >= 4 is 29.4 Å². The van der Waals surface area contributed by atoms with Crippen LogP contribution in [-0.2, 0) is 20.7 Å². The molecule has 0 atom stereocenters. The molecule has 38 heavy (non-hydrogen) atoms. The number of amides is 1. The van der Waals surface area contributed by atoms with Crippen LogP contribution < -0.4 is 14.8 Å². The second-order valence-electron chi connectivity index (χ2n) is 8.09. The fourth-order valence-electron chi connectivity index (χ4n) is 3.73. The summed E-state index contributed by atoms with van der Waals surface area (Å²) in [5.74, 6) is 0.395. The molecule has 0 aliphatic carbocycles. The van der Waals surface area contributed by atoms with E-state index in [0.717, 1.165) is 0 Å². The van der Waals surface area contributed by atoms with Crippen LogP contribution in [0.2, 0.25) is 5.02 Å². The molecule has 4 rings (SSSR count). The average Bonchev–Trinajstić information content (AvgIpc) is 3.31. The maximum absolute atomic E-state index is 12.6. The van der Waals surface area contributed by atoms with Crippen molar-refractivity contribution in [1.82, 2.24) is 0 Å². The molecule has 1 amide bonds. The molecule has 0 saturated heterocycles. The van der Waals surface area contributed by atoms with Gasteiger partial charge in [-0.25, -0.2) is 0 Å². The first-order valence-electron chi connectivity index (χ1n) is 11.5. The van der Waals surface area contributed by atoms with Crippen molar-refractivity contribution in [3.8, 4) is 40.0 Å². The molecule has 9 heteroatoms. The van der Waals surface area contributed by atoms with Gasteiger partial charge in [0.15, 0.2) is 6.61 Å². The zero-order valence-corrected chi connectivity index (χ0v) is 21.4. The van der Waals surface area contributed by atoms with Gasteiger partial charge in [-0.2, -0.15) is 5.26 Å². The number of carbonyl (C=O) groups excluding carboxylic acids is 2. The fraction of sp³-hybridized carbons (Fsp3) is 0.138. The third-order valence-corrected chi connectivity index (χ3v) is 5.88. The highest BCUT2D eigenvalue weighted by atomic mass is 35.5. The number of carbonyl (C=O) groups is 2. The molecule has 0 fully saturated rings. The molecular formula is C29H23ClN2O6. The van der Waals surface area contributed by atoms with Gasteiger partial charge in [-0.05, 0) is 59.7 Å². The zero-order chi connectivity index (χ0) is 27.1. The third kappa shape index (κ3) is 6.14. The van der Waals surface area contributed by atoms with Crippen molar-refractivity contribution in [2.45, 2.75) is 6.42 Å². The van der Waals surface area contributed by atoms with Gasteiger partial charge in [0.1, 0.15) is 28.9 Å². The SMILES string of the molecule is COc1ccc(-c2oc(NC(=O)COC(=O)Cc3ccc(Cl)cc3)c(C#N)c2-c2ccc(OC)cc2)cc1. The van der Waals surface area contributed by atoms with Gasteiger partial charge in [0.05, 0.1) is 20.6 Å². The number of hydrogen-bond acceptors (Lipinski definition) is 7. The predicted molar refractivity (Wildman–Crippen MR) is 142 cm³/mol. The van der Waals surface area contributed by atoms with Gasteiger partial charge in [-0.3, -0.25) is 14.9 Å². The smallest absolute Gasteiger partial charge is 0.310 e. The van der Waals surface area contributed by atoms with E-state index in [0.29, 0.717) is 44.5 Å². The number of nitriles is 1. The van der Waals surface area contributed by atoms with Crippen LogP contribution in [0.5, 0.6) is 11.5 Å². The lowest BCUT2D eigenvalue weighted by molar-refractivity contribution is -0.146. The van der Waals surface area contributed by atoms with Crippen molar-refractivity contribution < 1.29 is 28.2 Å². The summed E-state index contributed by atoms with van der Waals surface area (Å²) < 4.78 is 21.6. The van der Waals surface area contributed by atoms with Gasteiger partial charge in [0.2, 0.25) is 5.88 Å². The van der Waals surface area contributed by atoms with Crippen molar-refractivity contribution in [3.63, 3.8) is 0 Å². The summed E-state index contributed by atoms with van der Waals surface area (Å²) in [7, 11) is 3.13. The number of hydrogen-bond donors (Lipinski definition) is 1. The van der Waals surface area contributed by atoms with Crippen molar-refractivity contribution in [2.24, 2.45) is 0 Å². The highest BCUT2D eigenvalue weighted by Crippen LogP contribution is 2.42. The van der Waals surface area contributed by atoms with Crippen LogP contribution in [0, 0.1) is 11.3 Å². The highest BCUT2D eigenvalue weighted by Gasteiger charge is 2.25. The first-order valence-corrected chi connectivity index (χ1v) is 11.8. The van der Waals surface area contributed by atoms with Crippen LogP contribution in [0.1, 0.15) is 11.1 Å². The van der Waals surface area contributed by atoms with Gasteiger partial charge in [0.25, 0.3) is 5.91 Å². The number of esters is 1. The Morgan fingerprint density at radius 2 is 1.47 bits per heavy atom. The summed E-state index contributed by atoms with van der Waals surface area (Å²) in [6, 6.07) is 23.1. The number of rotatable bonds is 9. The van der Waals surface area contributed by atoms with Gasteiger partial charge in [0, 0.05) is 16.1 Å². The Labute approximate surface area is 224 Å². The maximum Gasteiger partial charge on any atom is 0.310 e. The van der Waals surface area contributed by atoms with E-state index in [-0.39, 0.29) is 17.9 Å². The van der Waals surface area contributed by atoms with E-state index in [9.17, 15) is 14.9 Å². The zero-order valence-electron chi connectivity index (χ0n) is 20.6. The van der Waals surface area contributed by atoms with E-state index in [1.54, 1.807) is 87.0 Å². The number of halogens is 1. The van der Waals surface area contributed by atoms with E-state index < -0.39 is 18.5 Å². The minimum atomic E-state index is -0.651. The summed E-state index contributed by atoms with van der Waals surface area (Å²) in [4.78, 5) is 24.8. The van der Waals surface area contributed by atoms with Gasteiger partial charge in [-0.1, -0.05) is 35.9 Å². The summed E-state index contributed by atoms with van der Waals surface area (Å²) in [5, 5.41) is 13.1. The summed E-state index contributed by atoms with van der Waals surface area (Å²) in [6.07, 6.45) is -0.0160. The van der Waals surface area contributed by atoms with Crippen LogP contribution in [0.4, 0.5) is 5.88 Å². The number of nitrogens with zero attached hydrogens (tertiary/aromatic N) is 1. The van der Waals surface area contributed by atoms with E-state index in [1.807, 2.05) is 0 Å². The second kappa shape index (κ2) is 12.0. The Balaban J connectivity index is 1.58. The maximum atomic E-state index is 12.6. The first-order chi connectivity index (χ1) is 18.4. The molecule has 0 aliphatic rings. The van der Waals surface area contributed by atoms with Crippen LogP contribution >= 0.6 is 11.6 Å². The number of methoxy groups -OCH3 is 2. The quantitative estimate of drug-likeness (QED) is 0.269. The molecule has 3 aromatic carbocycles. The lowest BCUT2D eigenvalue weighted by Crippen LogP contribution is -2.21. The summed E-state index contributed by atoms with van der Waals surface area (Å²) in [6.45, 7) is -0.548. The average molecular weight is 531 g/mol. The monoisotopic (exact) mass is 530 g/mol. The predicted octanol–water partition coefficient (Wildman–Crippen LogP) is 5.88. The molecule has 192 valence electrons. The van der Waals surface area contributed by atoms with Gasteiger partial charge >= 0.3 is 5.97 Å².